The maximum atomic E-state index is 12.4. The largest absolute Gasteiger partial charge is 0.452 e. The van der Waals surface area contributed by atoms with E-state index in [4.69, 9.17) is 4.74 Å². The SMILES string of the molecule is Cc1nn(C)c(C)c1NC(=O)[C@@H](C)OC(=O)C1CCC(C(C)(C)C)CC1. The number of nitrogens with one attached hydrogen (secondary N) is 1. The van der Waals surface area contributed by atoms with Gasteiger partial charge in [0.05, 0.1) is 23.0 Å². The summed E-state index contributed by atoms with van der Waals surface area (Å²) in [7, 11) is 1.83. The summed E-state index contributed by atoms with van der Waals surface area (Å²) in [6.45, 7) is 12.1. The van der Waals surface area contributed by atoms with Gasteiger partial charge in [-0.3, -0.25) is 14.3 Å². The highest BCUT2D eigenvalue weighted by Crippen LogP contribution is 2.40. The van der Waals surface area contributed by atoms with Crippen LogP contribution < -0.4 is 5.32 Å². The molecule has 6 nitrogen and oxygen atoms in total. The van der Waals surface area contributed by atoms with Crippen molar-refractivity contribution < 1.29 is 14.3 Å². The maximum Gasteiger partial charge on any atom is 0.309 e. The van der Waals surface area contributed by atoms with E-state index in [1.807, 2.05) is 20.9 Å². The van der Waals surface area contributed by atoms with Crippen LogP contribution >= 0.6 is 0 Å². The smallest absolute Gasteiger partial charge is 0.309 e. The van der Waals surface area contributed by atoms with Crippen LogP contribution in [0.15, 0.2) is 0 Å². The molecule has 0 spiro atoms. The third-order valence-electron chi connectivity index (χ3n) is 5.70. The molecule has 0 bridgehead atoms. The van der Waals surface area contributed by atoms with E-state index in [9.17, 15) is 9.59 Å². The van der Waals surface area contributed by atoms with Gasteiger partial charge in [0.2, 0.25) is 0 Å². The van der Waals surface area contributed by atoms with E-state index in [1.54, 1.807) is 11.6 Å². The first-order chi connectivity index (χ1) is 12.0. The predicted octanol–water partition coefficient (Wildman–Crippen LogP) is 3.76. The minimum Gasteiger partial charge on any atom is -0.452 e. The van der Waals surface area contributed by atoms with Crippen molar-refractivity contribution in [2.24, 2.45) is 24.3 Å². The molecule has 1 fully saturated rings. The highest BCUT2D eigenvalue weighted by Gasteiger charge is 2.34. The second-order valence-corrected chi connectivity index (χ2v) is 8.65. The fourth-order valence-corrected chi connectivity index (χ4v) is 3.70. The summed E-state index contributed by atoms with van der Waals surface area (Å²) >= 11 is 0. The van der Waals surface area contributed by atoms with Gasteiger partial charge >= 0.3 is 5.97 Å². The molecule has 1 aliphatic rings. The van der Waals surface area contributed by atoms with Gasteiger partial charge in [-0.2, -0.15) is 5.10 Å². The zero-order valence-electron chi connectivity index (χ0n) is 17.2. The summed E-state index contributed by atoms with van der Waals surface area (Å²) in [6.07, 6.45) is 2.95. The standard InChI is InChI=1S/C20H33N3O3/c1-12-17(13(2)23(7)22-12)21-18(24)14(3)26-19(25)15-8-10-16(11-9-15)20(4,5)6/h14-16H,8-11H2,1-7H3,(H,21,24)/t14-,15?,16?/m1/s1. The Hall–Kier alpha value is -1.85. The monoisotopic (exact) mass is 363 g/mol. The molecule has 1 aromatic rings. The molecule has 146 valence electrons. The molecule has 2 rings (SSSR count). The molecule has 0 radical (unpaired) electrons. The first kappa shape index (κ1) is 20.5. The molecule has 1 saturated carbocycles. The lowest BCUT2D eigenvalue weighted by molar-refractivity contribution is -0.158. The maximum absolute atomic E-state index is 12.4. The van der Waals surface area contributed by atoms with Crippen LogP contribution in [0.25, 0.3) is 0 Å². The fraction of sp³-hybridized carbons (Fsp3) is 0.750. The Morgan fingerprint density at radius 3 is 2.23 bits per heavy atom. The zero-order chi connectivity index (χ0) is 19.6. The Labute approximate surface area is 156 Å². The number of anilines is 1. The van der Waals surface area contributed by atoms with Crippen molar-refractivity contribution in [1.82, 2.24) is 9.78 Å². The van der Waals surface area contributed by atoms with Crippen LogP contribution in [0, 0.1) is 31.1 Å². The van der Waals surface area contributed by atoms with Crippen LogP contribution in [0.2, 0.25) is 0 Å². The molecule has 0 aliphatic heterocycles. The molecule has 0 unspecified atom stereocenters. The number of amides is 1. The first-order valence-corrected chi connectivity index (χ1v) is 9.52. The summed E-state index contributed by atoms with van der Waals surface area (Å²) in [6, 6.07) is 0. The van der Waals surface area contributed by atoms with Crippen LogP contribution in [-0.2, 0) is 21.4 Å². The fourth-order valence-electron chi connectivity index (χ4n) is 3.70. The van der Waals surface area contributed by atoms with Gasteiger partial charge in [-0.1, -0.05) is 20.8 Å². The zero-order valence-corrected chi connectivity index (χ0v) is 17.2. The molecule has 6 heteroatoms. The number of carbonyl (C=O) groups is 2. The van der Waals surface area contributed by atoms with E-state index in [0.29, 0.717) is 11.6 Å². The van der Waals surface area contributed by atoms with E-state index in [0.717, 1.165) is 37.1 Å². The van der Waals surface area contributed by atoms with Gasteiger partial charge in [0.15, 0.2) is 6.10 Å². The van der Waals surface area contributed by atoms with Gasteiger partial charge in [0.25, 0.3) is 5.91 Å². The number of aromatic nitrogens is 2. The second-order valence-electron chi connectivity index (χ2n) is 8.65. The highest BCUT2D eigenvalue weighted by atomic mass is 16.5. The van der Waals surface area contributed by atoms with Crippen molar-refractivity contribution in [2.75, 3.05) is 5.32 Å². The predicted molar refractivity (Wildman–Crippen MR) is 102 cm³/mol. The minimum absolute atomic E-state index is 0.0919. The highest BCUT2D eigenvalue weighted by molar-refractivity contribution is 5.96. The molecule has 1 atom stereocenters. The molecule has 1 N–H and O–H groups in total. The summed E-state index contributed by atoms with van der Waals surface area (Å²) in [5.74, 6) is -0.0184. The summed E-state index contributed by atoms with van der Waals surface area (Å²) in [5, 5.41) is 7.11. The quantitative estimate of drug-likeness (QED) is 0.827. The molecule has 1 heterocycles. The van der Waals surface area contributed by atoms with Crippen molar-refractivity contribution in [1.29, 1.82) is 0 Å². The van der Waals surface area contributed by atoms with Gasteiger partial charge in [0, 0.05) is 7.05 Å². The molecular weight excluding hydrogens is 330 g/mol. The topological polar surface area (TPSA) is 73.2 Å². The normalized spacial score (nSPS) is 22.0. The molecule has 1 aromatic heterocycles. The Morgan fingerprint density at radius 1 is 1.19 bits per heavy atom. The van der Waals surface area contributed by atoms with Gasteiger partial charge in [-0.25, -0.2) is 0 Å². The van der Waals surface area contributed by atoms with Crippen molar-refractivity contribution in [2.45, 2.75) is 73.3 Å². The van der Waals surface area contributed by atoms with Crippen LogP contribution in [0.1, 0.15) is 64.8 Å². The third kappa shape index (κ3) is 4.65. The van der Waals surface area contributed by atoms with E-state index in [-0.39, 0.29) is 23.2 Å². The van der Waals surface area contributed by atoms with Crippen LogP contribution in [0.5, 0.6) is 0 Å². The van der Waals surface area contributed by atoms with Crippen LogP contribution in [0.4, 0.5) is 5.69 Å². The Morgan fingerprint density at radius 2 is 1.77 bits per heavy atom. The summed E-state index contributed by atoms with van der Waals surface area (Å²) < 4.78 is 7.17. The number of nitrogens with zero attached hydrogens (tertiary/aromatic N) is 2. The number of esters is 1. The number of hydrogen-bond donors (Lipinski definition) is 1. The van der Waals surface area contributed by atoms with E-state index in [2.05, 4.69) is 31.2 Å². The lowest BCUT2D eigenvalue weighted by Crippen LogP contribution is -2.35. The molecule has 1 amide bonds. The summed E-state index contributed by atoms with van der Waals surface area (Å²) in [5.41, 5.74) is 2.58. The van der Waals surface area contributed by atoms with Gasteiger partial charge in [0.1, 0.15) is 0 Å². The van der Waals surface area contributed by atoms with Gasteiger partial charge in [-0.15, -0.1) is 0 Å². The molecule has 26 heavy (non-hydrogen) atoms. The average molecular weight is 364 g/mol. The van der Waals surface area contributed by atoms with Gasteiger partial charge in [-0.05, 0) is 57.8 Å². The number of rotatable bonds is 4. The van der Waals surface area contributed by atoms with Crippen molar-refractivity contribution in [3.05, 3.63) is 11.4 Å². The Balaban J connectivity index is 1.88. The second kappa shape index (κ2) is 7.80. The Kier molecular flexibility index (Phi) is 6.14. The van der Waals surface area contributed by atoms with E-state index in [1.165, 1.54) is 0 Å². The third-order valence-corrected chi connectivity index (χ3v) is 5.70. The number of carbonyl (C=O) groups excluding carboxylic acids is 2. The van der Waals surface area contributed by atoms with E-state index >= 15 is 0 Å². The van der Waals surface area contributed by atoms with Crippen molar-refractivity contribution >= 4 is 17.6 Å². The van der Waals surface area contributed by atoms with Gasteiger partial charge < -0.3 is 10.1 Å². The molecule has 0 saturated heterocycles. The number of aryl methyl sites for hydroxylation is 2. The lowest BCUT2D eigenvalue weighted by Gasteiger charge is -2.36. The first-order valence-electron chi connectivity index (χ1n) is 9.52. The summed E-state index contributed by atoms with van der Waals surface area (Å²) in [4.78, 5) is 24.8. The van der Waals surface area contributed by atoms with Crippen LogP contribution in [-0.4, -0.2) is 27.8 Å². The average Bonchev–Trinajstić information content (AvgIpc) is 2.80. The Bertz CT molecular complexity index is 665. The van der Waals surface area contributed by atoms with Crippen molar-refractivity contribution in [3.63, 3.8) is 0 Å². The number of ether oxygens (including phenoxy) is 1. The van der Waals surface area contributed by atoms with E-state index < -0.39 is 6.10 Å². The minimum atomic E-state index is -0.818. The number of hydrogen-bond acceptors (Lipinski definition) is 4. The molecule has 1 aliphatic carbocycles. The van der Waals surface area contributed by atoms with Crippen molar-refractivity contribution in [3.8, 4) is 0 Å². The molecular formula is C20H33N3O3. The lowest BCUT2D eigenvalue weighted by atomic mass is 9.70. The van der Waals surface area contributed by atoms with Crippen LogP contribution in [0.3, 0.4) is 0 Å². The molecule has 0 aromatic carbocycles.